The Morgan fingerprint density at radius 1 is 1.22 bits per heavy atom. The molecule has 3 rings (SSSR count). The van der Waals surface area contributed by atoms with Crippen molar-refractivity contribution in [2.45, 2.75) is 46.5 Å². The van der Waals surface area contributed by atoms with Gasteiger partial charge in [0, 0.05) is 12.3 Å². The maximum atomic E-state index is 12.4. The lowest BCUT2D eigenvalue weighted by Gasteiger charge is -2.30. The van der Waals surface area contributed by atoms with Crippen molar-refractivity contribution in [3.05, 3.63) is 17.0 Å². The molecule has 0 atom stereocenters. The van der Waals surface area contributed by atoms with Crippen LogP contribution in [-0.2, 0) is 16.0 Å². The largest absolute Gasteiger partial charge is 0.369 e. The van der Waals surface area contributed by atoms with E-state index in [-0.39, 0.29) is 41.4 Å². The van der Waals surface area contributed by atoms with E-state index >= 15 is 0 Å². The zero-order chi connectivity index (χ0) is 19.8. The van der Waals surface area contributed by atoms with Crippen LogP contribution in [0.2, 0.25) is 0 Å². The second kappa shape index (κ2) is 7.34. The van der Waals surface area contributed by atoms with Crippen molar-refractivity contribution in [3.63, 3.8) is 0 Å². The maximum absolute atomic E-state index is 12.4. The fourth-order valence-corrected chi connectivity index (χ4v) is 3.96. The van der Waals surface area contributed by atoms with Gasteiger partial charge in [-0.15, -0.1) is 0 Å². The summed E-state index contributed by atoms with van der Waals surface area (Å²) in [7, 11) is 0. The second-order valence-corrected chi connectivity index (χ2v) is 8.40. The second-order valence-electron chi connectivity index (χ2n) is 8.40. The van der Waals surface area contributed by atoms with Gasteiger partial charge in [-0.3, -0.25) is 24.6 Å². The Balaban J connectivity index is 1.64. The zero-order valence-electron chi connectivity index (χ0n) is 16.2. The summed E-state index contributed by atoms with van der Waals surface area (Å²) in [5.41, 5.74) is 7.11. The number of Topliss-reactive ketones (excluding diaryl/α,β-unsaturated/α-hetero) is 1. The van der Waals surface area contributed by atoms with E-state index < -0.39 is 0 Å². The van der Waals surface area contributed by atoms with Crippen LogP contribution in [-0.4, -0.2) is 52.1 Å². The van der Waals surface area contributed by atoms with Gasteiger partial charge in [-0.2, -0.15) is 0 Å². The van der Waals surface area contributed by atoms with Crippen molar-refractivity contribution in [1.82, 2.24) is 14.9 Å². The number of hydrogen-bond acceptors (Lipinski definition) is 6. The van der Waals surface area contributed by atoms with E-state index in [2.05, 4.69) is 15.3 Å². The normalized spacial score (nSPS) is 20.2. The molecule has 1 aliphatic heterocycles. The van der Waals surface area contributed by atoms with Gasteiger partial charge in [0.1, 0.15) is 0 Å². The molecule has 1 saturated heterocycles. The van der Waals surface area contributed by atoms with Crippen molar-refractivity contribution in [3.8, 4) is 0 Å². The lowest BCUT2D eigenvalue weighted by atomic mass is 9.75. The number of piperidine rings is 1. The van der Waals surface area contributed by atoms with Crippen molar-refractivity contribution in [1.29, 1.82) is 0 Å². The van der Waals surface area contributed by atoms with Crippen LogP contribution < -0.4 is 11.1 Å². The number of nitrogens with one attached hydrogen (secondary N) is 1. The number of primary amides is 1. The zero-order valence-corrected chi connectivity index (χ0v) is 16.2. The lowest BCUT2D eigenvalue weighted by molar-refractivity contribution is -0.123. The highest BCUT2D eigenvalue weighted by atomic mass is 16.2. The predicted molar refractivity (Wildman–Crippen MR) is 100 cm³/mol. The van der Waals surface area contributed by atoms with E-state index in [1.54, 1.807) is 6.92 Å². The van der Waals surface area contributed by atoms with E-state index in [1.165, 1.54) is 0 Å². The topological polar surface area (TPSA) is 118 Å². The summed E-state index contributed by atoms with van der Waals surface area (Å²) >= 11 is 0. The van der Waals surface area contributed by atoms with Gasteiger partial charge in [0.15, 0.2) is 5.78 Å². The number of fused-ring (bicyclic) bond motifs is 1. The average Bonchev–Trinajstić information content (AvgIpc) is 2.52. The Bertz CT molecular complexity index is 782. The minimum atomic E-state index is -0.269. The van der Waals surface area contributed by atoms with E-state index in [1.807, 2.05) is 18.7 Å². The average molecular weight is 373 g/mol. The fourth-order valence-electron chi connectivity index (χ4n) is 3.96. The Morgan fingerprint density at radius 3 is 2.52 bits per heavy atom. The van der Waals surface area contributed by atoms with E-state index in [0.717, 1.165) is 0 Å². The molecule has 3 N–H and O–H groups in total. The number of ketones is 1. The molecule has 8 heteroatoms. The summed E-state index contributed by atoms with van der Waals surface area (Å²) in [4.78, 5) is 46.7. The lowest BCUT2D eigenvalue weighted by Crippen LogP contribution is -2.42. The predicted octanol–water partition coefficient (Wildman–Crippen LogP) is 1.08. The molecule has 27 heavy (non-hydrogen) atoms. The van der Waals surface area contributed by atoms with Crippen LogP contribution in [0.3, 0.4) is 0 Å². The van der Waals surface area contributed by atoms with Crippen molar-refractivity contribution < 1.29 is 14.4 Å². The molecule has 8 nitrogen and oxygen atoms in total. The Morgan fingerprint density at radius 2 is 1.89 bits per heavy atom. The quantitative estimate of drug-likeness (QED) is 0.815. The van der Waals surface area contributed by atoms with Gasteiger partial charge in [0.2, 0.25) is 17.8 Å². The number of hydrogen-bond donors (Lipinski definition) is 2. The molecule has 2 heterocycles. The van der Waals surface area contributed by atoms with Gasteiger partial charge in [-0.1, -0.05) is 13.8 Å². The van der Waals surface area contributed by atoms with Gasteiger partial charge >= 0.3 is 0 Å². The first kappa shape index (κ1) is 19.4. The molecule has 0 bridgehead atoms. The van der Waals surface area contributed by atoms with E-state index in [4.69, 9.17) is 5.73 Å². The van der Waals surface area contributed by atoms with Crippen LogP contribution in [0.5, 0.6) is 0 Å². The first-order valence-corrected chi connectivity index (χ1v) is 9.37. The van der Waals surface area contributed by atoms with Crippen LogP contribution in [0.15, 0.2) is 0 Å². The molecule has 0 unspecified atom stereocenters. The fraction of sp³-hybridized carbons (Fsp3) is 0.632. The number of likely N-dealkylation sites (tertiary alicyclic amines) is 1. The van der Waals surface area contributed by atoms with Crippen LogP contribution >= 0.6 is 0 Å². The molecule has 2 aliphatic rings. The summed E-state index contributed by atoms with van der Waals surface area (Å²) in [6, 6.07) is 0. The standard InChI is InChI=1S/C19H27N5O3/c1-11-16-13(8-19(2,3)9-14(16)25)22-18(21-11)23-15(26)10-24-6-4-12(5-7-24)17(20)27/h12H,4-10H2,1-3H3,(H2,20,27)(H,21,22,23,26). The number of rotatable bonds is 4. The highest BCUT2D eigenvalue weighted by Gasteiger charge is 2.34. The van der Waals surface area contributed by atoms with Gasteiger partial charge < -0.3 is 5.73 Å². The third-order valence-electron chi connectivity index (χ3n) is 5.34. The first-order chi connectivity index (χ1) is 12.6. The van der Waals surface area contributed by atoms with Crippen molar-refractivity contribution >= 4 is 23.5 Å². The third kappa shape index (κ3) is 4.50. The number of anilines is 1. The molecule has 0 aromatic carbocycles. The van der Waals surface area contributed by atoms with Crippen LogP contribution in [0.25, 0.3) is 0 Å². The Labute approximate surface area is 158 Å². The monoisotopic (exact) mass is 373 g/mol. The minimum absolute atomic E-state index is 0.0638. The molecule has 1 aliphatic carbocycles. The molecule has 146 valence electrons. The molecule has 2 amide bonds. The number of aromatic nitrogens is 2. The number of aryl methyl sites for hydroxylation is 1. The Hall–Kier alpha value is -2.35. The molecule has 1 aromatic rings. The molecule has 0 radical (unpaired) electrons. The highest BCUT2D eigenvalue weighted by Crippen LogP contribution is 2.35. The van der Waals surface area contributed by atoms with E-state index in [0.29, 0.717) is 55.7 Å². The SMILES string of the molecule is Cc1nc(NC(=O)CN2CCC(C(N)=O)CC2)nc2c1C(=O)CC(C)(C)C2. The maximum Gasteiger partial charge on any atom is 0.240 e. The summed E-state index contributed by atoms with van der Waals surface area (Å²) < 4.78 is 0. The summed E-state index contributed by atoms with van der Waals surface area (Å²) in [5, 5.41) is 2.75. The van der Waals surface area contributed by atoms with Crippen LogP contribution in [0, 0.1) is 18.3 Å². The molecule has 0 spiro atoms. The third-order valence-corrected chi connectivity index (χ3v) is 5.34. The molecular formula is C19H27N5O3. The molecular weight excluding hydrogens is 346 g/mol. The number of amides is 2. The highest BCUT2D eigenvalue weighted by molar-refractivity contribution is 6.00. The Kier molecular flexibility index (Phi) is 5.28. The molecule has 1 fully saturated rings. The summed E-state index contributed by atoms with van der Waals surface area (Å²) in [6.07, 6.45) is 2.51. The number of nitrogens with zero attached hydrogens (tertiary/aromatic N) is 3. The van der Waals surface area contributed by atoms with Crippen LogP contribution in [0.4, 0.5) is 5.95 Å². The minimum Gasteiger partial charge on any atom is -0.369 e. The van der Waals surface area contributed by atoms with Gasteiger partial charge in [-0.25, -0.2) is 9.97 Å². The van der Waals surface area contributed by atoms with Gasteiger partial charge in [0.25, 0.3) is 0 Å². The smallest absolute Gasteiger partial charge is 0.240 e. The van der Waals surface area contributed by atoms with Gasteiger partial charge in [-0.05, 0) is 44.7 Å². The number of carbonyl (C=O) groups is 3. The van der Waals surface area contributed by atoms with Crippen LogP contribution in [0.1, 0.15) is 54.9 Å². The summed E-state index contributed by atoms with van der Waals surface area (Å²) in [6.45, 7) is 7.40. The van der Waals surface area contributed by atoms with Gasteiger partial charge in [0.05, 0.1) is 23.5 Å². The van der Waals surface area contributed by atoms with E-state index in [9.17, 15) is 14.4 Å². The first-order valence-electron chi connectivity index (χ1n) is 9.37. The number of nitrogens with two attached hydrogens (primary N) is 1. The molecule has 1 aromatic heterocycles. The van der Waals surface area contributed by atoms with Crippen molar-refractivity contribution in [2.75, 3.05) is 25.0 Å². The summed E-state index contributed by atoms with van der Waals surface area (Å²) in [5.74, 6) is -0.262. The molecule has 0 saturated carbocycles. The van der Waals surface area contributed by atoms with Crippen molar-refractivity contribution in [2.24, 2.45) is 17.1 Å². The number of carbonyl (C=O) groups excluding carboxylic acids is 3.